The molecule has 10 heteroatoms. The van der Waals surface area contributed by atoms with Crippen LogP contribution in [0.25, 0.3) is 0 Å². The van der Waals surface area contributed by atoms with Gasteiger partial charge in [0.2, 0.25) is 0 Å². The van der Waals surface area contributed by atoms with Gasteiger partial charge in [0.25, 0.3) is 0 Å². The summed E-state index contributed by atoms with van der Waals surface area (Å²) in [5.74, 6) is 0. The van der Waals surface area contributed by atoms with Gasteiger partial charge in [-0.2, -0.15) is 18.4 Å². The van der Waals surface area contributed by atoms with Crippen LogP contribution in [0.3, 0.4) is 0 Å². The van der Waals surface area contributed by atoms with Gasteiger partial charge in [0, 0.05) is 17.1 Å². The Morgan fingerprint density at radius 1 is 1.36 bits per heavy atom. The van der Waals surface area contributed by atoms with Crippen LogP contribution < -0.4 is 10.6 Å². The van der Waals surface area contributed by atoms with Crippen molar-refractivity contribution in [3.63, 3.8) is 0 Å². The van der Waals surface area contributed by atoms with Crippen molar-refractivity contribution >= 4 is 23.5 Å². The molecule has 1 aromatic carbocycles. The van der Waals surface area contributed by atoms with E-state index in [0.717, 1.165) is 11.8 Å². The molecule has 0 spiro atoms. The van der Waals surface area contributed by atoms with Gasteiger partial charge in [-0.05, 0) is 25.1 Å². The second kappa shape index (κ2) is 7.85. The molecular formula is C15H12F3N5OS. The zero-order chi connectivity index (χ0) is 18.4. The van der Waals surface area contributed by atoms with E-state index in [1.165, 1.54) is 18.3 Å². The van der Waals surface area contributed by atoms with E-state index in [4.69, 9.17) is 0 Å². The molecule has 0 aliphatic heterocycles. The van der Waals surface area contributed by atoms with E-state index in [1.54, 1.807) is 13.0 Å². The first-order valence-electron chi connectivity index (χ1n) is 6.99. The summed E-state index contributed by atoms with van der Waals surface area (Å²) >= 11 is 0.882. The number of urea groups is 1. The van der Waals surface area contributed by atoms with Crippen molar-refractivity contribution in [2.24, 2.45) is 0 Å². The second-order valence-electron chi connectivity index (χ2n) is 4.65. The van der Waals surface area contributed by atoms with Crippen LogP contribution in [0, 0.1) is 11.3 Å². The molecule has 130 valence electrons. The Kier molecular flexibility index (Phi) is 5.82. The minimum atomic E-state index is -4.60. The molecule has 1 aromatic heterocycles. The average molecular weight is 367 g/mol. The molecule has 0 saturated carbocycles. The van der Waals surface area contributed by atoms with Crippen molar-refractivity contribution in [3.05, 3.63) is 41.9 Å². The summed E-state index contributed by atoms with van der Waals surface area (Å²) < 4.78 is 38.0. The molecule has 2 N–H and O–H groups in total. The van der Waals surface area contributed by atoms with Gasteiger partial charge < -0.3 is 10.6 Å². The fourth-order valence-electron chi connectivity index (χ4n) is 1.77. The maximum atomic E-state index is 12.7. The summed E-state index contributed by atoms with van der Waals surface area (Å²) in [6.45, 7) is 2.20. The monoisotopic (exact) mass is 367 g/mol. The Morgan fingerprint density at radius 3 is 2.76 bits per heavy atom. The van der Waals surface area contributed by atoms with Crippen molar-refractivity contribution in [1.29, 1.82) is 5.26 Å². The van der Waals surface area contributed by atoms with Crippen molar-refractivity contribution in [2.75, 3.05) is 11.9 Å². The molecular weight excluding hydrogens is 355 g/mol. The summed E-state index contributed by atoms with van der Waals surface area (Å²) in [6, 6.07) is 6.01. The molecule has 0 unspecified atom stereocenters. The largest absolute Gasteiger partial charge is 0.434 e. The number of amides is 2. The maximum absolute atomic E-state index is 12.7. The molecule has 0 bridgehead atoms. The minimum absolute atomic E-state index is 0.00996. The lowest BCUT2D eigenvalue weighted by atomic mass is 10.2. The quantitative estimate of drug-likeness (QED) is 0.861. The Hall–Kier alpha value is -2.80. The Labute approximate surface area is 145 Å². The van der Waals surface area contributed by atoms with Crippen LogP contribution in [-0.4, -0.2) is 22.5 Å². The third-order valence-electron chi connectivity index (χ3n) is 2.81. The van der Waals surface area contributed by atoms with Gasteiger partial charge in [-0.1, -0.05) is 11.8 Å². The Morgan fingerprint density at radius 2 is 2.12 bits per heavy atom. The molecule has 0 saturated heterocycles. The zero-order valence-corrected chi connectivity index (χ0v) is 13.7. The lowest BCUT2D eigenvalue weighted by Gasteiger charge is -2.09. The van der Waals surface area contributed by atoms with Gasteiger partial charge in [-0.25, -0.2) is 9.78 Å². The Bertz CT molecular complexity index is 820. The summed E-state index contributed by atoms with van der Waals surface area (Å²) in [5, 5.41) is 14.3. The number of rotatable bonds is 4. The van der Waals surface area contributed by atoms with E-state index in [2.05, 4.69) is 20.6 Å². The number of benzene rings is 1. The van der Waals surface area contributed by atoms with Crippen LogP contribution in [-0.2, 0) is 6.18 Å². The van der Waals surface area contributed by atoms with Crippen molar-refractivity contribution < 1.29 is 18.0 Å². The van der Waals surface area contributed by atoms with Crippen LogP contribution in [0.5, 0.6) is 0 Å². The van der Waals surface area contributed by atoms with Gasteiger partial charge in [0.05, 0.1) is 18.0 Å². The number of anilines is 1. The molecule has 0 fully saturated rings. The van der Waals surface area contributed by atoms with E-state index in [1.807, 2.05) is 6.07 Å². The number of carbonyl (C=O) groups is 1. The lowest BCUT2D eigenvalue weighted by Crippen LogP contribution is -2.28. The van der Waals surface area contributed by atoms with Gasteiger partial charge in [-0.3, -0.25) is 4.98 Å². The van der Waals surface area contributed by atoms with E-state index >= 15 is 0 Å². The lowest BCUT2D eigenvalue weighted by molar-refractivity contribution is -0.141. The number of hydrogen-bond donors (Lipinski definition) is 2. The molecule has 0 atom stereocenters. The van der Waals surface area contributed by atoms with Gasteiger partial charge in [0.15, 0.2) is 5.69 Å². The van der Waals surface area contributed by atoms with Crippen molar-refractivity contribution in [1.82, 2.24) is 15.3 Å². The van der Waals surface area contributed by atoms with Crippen molar-refractivity contribution in [2.45, 2.75) is 23.0 Å². The summed E-state index contributed by atoms with van der Waals surface area (Å²) in [5.41, 5.74) is -0.522. The van der Waals surface area contributed by atoms with Crippen LogP contribution >= 0.6 is 11.8 Å². The SMILES string of the molecule is CCNC(=O)Nc1ccc(Sc2cncc(C(F)(F)F)n2)c(C#N)c1. The predicted octanol–water partition coefficient (Wildman–Crippen LogP) is 3.66. The second-order valence-corrected chi connectivity index (χ2v) is 5.71. The highest BCUT2D eigenvalue weighted by atomic mass is 32.2. The van der Waals surface area contributed by atoms with Gasteiger partial charge in [0.1, 0.15) is 11.1 Å². The van der Waals surface area contributed by atoms with E-state index in [0.29, 0.717) is 23.3 Å². The molecule has 0 aliphatic rings. The number of carbonyl (C=O) groups excluding carboxylic acids is 1. The first-order chi connectivity index (χ1) is 11.8. The van der Waals surface area contributed by atoms with Crippen LogP contribution in [0.4, 0.5) is 23.7 Å². The van der Waals surface area contributed by atoms with Crippen LogP contribution in [0.1, 0.15) is 18.2 Å². The number of alkyl halides is 3. The van der Waals surface area contributed by atoms with Gasteiger partial charge >= 0.3 is 12.2 Å². The molecule has 0 radical (unpaired) electrons. The molecule has 2 rings (SSSR count). The molecule has 2 amide bonds. The first-order valence-corrected chi connectivity index (χ1v) is 7.81. The van der Waals surface area contributed by atoms with E-state index < -0.39 is 17.9 Å². The molecule has 25 heavy (non-hydrogen) atoms. The predicted molar refractivity (Wildman–Crippen MR) is 85.0 cm³/mol. The highest BCUT2D eigenvalue weighted by Crippen LogP contribution is 2.33. The first kappa shape index (κ1) is 18.5. The standard InChI is InChI=1S/C15H12F3N5OS/c1-2-21-14(24)22-10-3-4-11(9(5-10)6-19)25-13-8-20-7-12(23-13)15(16,17)18/h3-5,7-8H,2H2,1H3,(H2,21,22,24). The normalized spacial score (nSPS) is 10.8. The Balaban J connectivity index is 2.23. The third-order valence-corrected chi connectivity index (χ3v) is 3.79. The molecule has 0 aliphatic carbocycles. The summed E-state index contributed by atoms with van der Waals surface area (Å²) in [4.78, 5) is 18.9. The topological polar surface area (TPSA) is 90.7 Å². The van der Waals surface area contributed by atoms with Crippen LogP contribution in [0.15, 0.2) is 40.5 Å². The highest BCUT2D eigenvalue weighted by Gasteiger charge is 2.33. The average Bonchev–Trinajstić information content (AvgIpc) is 2.56. The summed E-state index contributed by atoms with van der Waals surface area (Å²) in [6.07, 6.45) is -2.78. The molecule has 6 nitrogen and oxygen atoms in total. The van der Waals surface area contributed by atoms with Gasteiger partial charge in [-0.15, -0.1) is 0 Å². The van der Waals surface area contributed by atoms with E-state index in [-0.39, 0.29) is 10.6 Å². The number of hydrogen-bond acceptors (Lipinski definition) is 5. The zero-order valence-electron chi connectivity index (χ0n) is 12.9. The van der Waals surface area contributed by atoms with Crippen LogP contribution in [0.2, 0.25) is 0 Å². The number of halogens is 3. The fraction of sp³-hybridized carbons (Fsp3) is 0.200. The number of nitriles is 1. The number of nitrogens with one attached hydrogen (secondary N) is 2. The number of aromatic nitrogens is 2. The molecule has 2 aromatic rings. The minimum Gasteiger partial charge on any atom is -0.338 e. The van der Waals surface area contributed by atoms with Crippen molar-refractivity contribution in [3.8, 4) is 6.07 Å². The smallest absolute Gasteiger partial charge is 0.338 e. The number of nitrogens with zero attached hydrogens (tertiary/aromatic N) is 3. The highest BCUT2D eigenvalue weighted by molar-refractivity contribution is 7.99. The fourth-order valence-corrected chi connectivity index (χ4v) is 2.60. The third kappa shape index (κ3) is 5.09. The maximum Gasteiger partial charge on any atom is 0.434 e. The summed E-state index contributed by atoms with van der Waals surface area (Å²) in [7, 11) is 0. The molecule has 1 heterocycles. The van der Waals surface area contributed by atoms with E-state index in [9.17, 15) is 23.2 Å².